The first-order valence-corrected chi connectivity index (χ1v) is 13.1. The van der Waals surface area contributed by atoms with Crippen molar-refractivity contribution in [2.45, 2.75) is 22.6 Å². The van der Waals surface area contributed by atoms with Crippen LogP contribution in [0.25, 0.3) is 0 Å². The predicted molar refractivity (Wildman–Crippen MR) is 143 cm³/mol. The van der Waals surface area contributed by atoms with E-state index in [4.69, 9.17) is 4.74 Å². The maximum absolute atomic E-state index is 12.6. The molecular weight excluding hydrogens is 518 g/mol. The summed E-state index contributed by atoms with van der Waals surface area (Å²) in [5.41, 5.74) is -0.788. The van der Waals surface area contributed by atoms with Gasteiger partial charge in [0.25, 0.3) is 5.56 Å². The number of aliphatic imine (C=N–C) groups is 1. The van der Waals surface area contributed by atoms with E-state index in [1.165, 1.54) is 7.11 Å². The number of hydrogen-bond acceptors (Lipinski definition) is 9. The largest absolute Gasteiger partial charge is 0.497 e. The quantitative estimate of drug-likeness (QED) is 0.271. The van der Waals surface area contributed by atoms with E-state index in [1.807, 2.05) is 24.5 Å². The van der Waals surface area contributed by atoms with Crippen LogP contribution in [0.5, 0.6) is 11.6 Å². The van der Waals surface area contributed by atoms with Gasteiger partial charge in [0.05, 0.1) is 7.11 Å². The van der Waals surface area contributed by atoms with E-state index >= 15 is 0 Å². The summed E-state index contributed by atoms with van der Waals surface area (Å²) in [6, 6.07) is 12.9. The van der Waals surface area contributed by atoms with Crippen LogP contribution < -0.4 is 26.6 Å². The number of methoxy groups -OCH3 is 1. The number of aromatic hydroxyl groups is 1. The summed E-state index contributed by atoms with van der Waals surface area (Å²) in [5, 5.41) is 15.2. The van der Waals surface area contributed by atoms with Crippen molar-refractivity contribution in [3.63, 3.8) is 0 Å². The highest BCUT2D eigenvalue weighted by atomic mass is 32.2. The maximum Gasteiger partial charge on any atom is 0.328 e. The van der Waals surface area contributed by atoms with Gasteiger partial charge in [-0.05, 0) is 42.2 Å². The van der Waals surface area contributed by atoms with Gasteiger partial charge in [-0.2, -0.15) is 0 Å². The SMILES string of the molecule is COc1ccc([C@H](N=C2NC(=O)[C@H](CC(=O)Nc3cccc(SC)c3)S2)c2c(O)[nH]c(=O)[nH]c2=O)cc1. The number of amidine groups is 1. The summed E-state index contributed by atoms with van der Waals surface area (Å²) < 4.78 is 5.17. The average Bonchev–Trinajstić information content (AvgIpc) is 3.21. The Bertz CT molecular complexity index is 1470. The third kappa shape index (κ3) is 6.24. The Kier molecular flexibility index (Phi) is 8.04. The van der Waals surface area contributed by atoms with Crippen molar-refractivity contribution in [3.05, 3.63) is 80.5 Å². The molecule has 2 atom stereocenters. The highest BCUT2D eigenvalue weighted by Gasteiger charge is 2.34. The molecule has 5 N–H and O–H groups in total. The molecule has 1 saturated heterocycles. The summed E-state index contributed by atoms with van der Waals surface area (Å²) in [6.45, 7) is 0. The Morgan fingerprint density at radius 1 is 1.19 bits per heavy atom. The van der Waals surface area contributed by atoms with Crippen molar-refractivity contribution in [1.29, 1.82) is 0 Å². The molecule has 0 radical (unpaired) electrons. The van der Waals surface area contributed by atoms with Crippen LogP contribution in [-0.4, -0.2) is 50.7 Å². The number of carbonyl (C=O) groups is 2. The molecule has 2 heterocycles. The predicted octanol–water partition coefficient (Wildman–Crippen LogP) is 2.21. The Balaban J connectivity index is 1.58. The number of rotatable bonds is 8. The van der Waals surface area contributed by atoms with Crippen LogP contribution in [0.4, 0.5) is 5.69 Å². The molecule has 0 saturated carbocycles. The van der Waals surface area contributed by atoms with Crippen molar-refractivity contribution in [2.75, 3.05) is 18.7 Å². The number of benzene rings is 2. The number of aromatic amines is 2. The molecule has 13 heteroatoms. The smallest absolute Gasteiger partial charge is 0.328 e. The fourth-order valence-corrected chi connectivity index (χ4v) is 5.08. The van der Waals surface area contributed by atoms with Gasteiger partial charge in [0.15, 0.2) is 5.17 Å². The van der Waals surface area contributed by atoms with Gasteiger partial charge in [-0.3, -0.25) is 24.4 Å². The summed E-state index contributed by atoms with van der Waals surface area (Å²) in [7, 11) is 1.51. The van der Waals surface area contributed by atoms with Gasteiger partial charge in [-0.1, -0.05) is 30.0 Å². The number of H-pyrrole nitrogens is 2. The van der Waals surface area contributed by atoms with E-state index in [1.54, 1.807) is 42.1 Å². The number of carbonyl (C=O) groups excluding carboxylic acids is 2. The zero-order valence-corrected chi connectivity index (χ0v) is 21.4. The second-order valence-corrected chi connectivity index (χ2v) is 9.93. The number of amides is 2. The summed E-state index contributed by atoms with van der Waals surface area (Å²) in [5.74, 6) is -0.831. The molecule has 3 aromatic rings. The Morgan fingerprint density at radius 2 is 1.95 bits per heavy atom. The van der Waals surface area contributed by atoms with E-state index in [0.717, 1.165) is 16.7 Å². The molecule has 1 aliphatic heterocycles. The highest BCUT2D eigenvalue weighted by Crippen LogP contribution is 2.32. The summed E-state index contributed by atoms with van der Waals surface area (Å²) in [6.07, 6.45) is 1.83. The number of ether oxygens (including phenoxy) is 1. The lowest BCUT2D eigenvalue weighted by atomic mass is 10.0. The zero-order chi connectivity index (χ0) is 26.5. The number of aromatic nitrogens is 2. The minimum absolute atomic E-state index is 0.100. The number of nitrogens with zero attached hydrogens (tertiary/aromatic N) is 1. The van der Waals surface area contributed by atoms with Crippen molar-refractivity contribution >= 4 is 46.2 Å². The van der Waals surface area contributed by atoms with Crippen LogP contribution in [0.3, 0.4) is 0 Å². The molecule has 2 aromatic carbocycles. The lowest BCUT2D eigenvalue weighted by Gasteiger charge is -2.15. The minimum Gasteiger partial charge on any atom is -0.497 e. The van der Waals surface area contributed by atoms with Crippen molar-refractivity contribution in [1.82, 2.24) is 15.3 Å². The molecule has 0 unspecified atom stereocenters. The van der Waals surface area contributed by atoms with Crippen LogP contribution in [0, 0.1) is 0 Å². The van der Waals surface area contributed by atoms with E-state index in [9.17, 15) is 24.3 Å². The summed E-state index contributed by atoms with van der Waals surface area (Å²) >= 11 is 2.59. The second-order valence-electron chi connectivity index (χ2n) is 7.86. The molecular formula is C24H23N5O6S2. The van der Waals surface area contributed by atoms with Gasteiger partial charge in [-0.15, -0.1) is 11.8 Å². The number of nitrogens with one attached hydrogen (secondary N) is 4. The van der Waals surface area contributed by atoms with E-state index < -0.39 is 34.3 Å². The van der Waals surface area contributed by atoms with Crippen LogP contribution in [-0.2, 0) is 9.59 Å². The zero-order valence-electron chi connectivity index (χ0n) is 19.7. The van der Waals surface area contributed by atoms with Gasteiger partial charge in [0.1, 0.15) is 22.6 Å². The third-order valence-corrected chi connectivity index (χ3v) is 7.23. The van der Waals surface area contributed by atoms with E-state index in [2.05, 4.69) is 25.6 Å². The van der Waals surface area contributed by atoms with Gasteiger partial charge in [0.2, 0.25) is 17.7 Å². The molecule has 1 aromatic heterocycles. The molecule has 0 spiro atoms. The van der Waals surface area contributed by atoms with Crippen LogP contribution in [0.2, 0.25) is 0 Å². The highest BCUT2D eigenvalue weighted by molar-refractivity contribution is 8.15. The lowest BCUT2D eigenvalue weighted by Crippen LogP contribution is -2.29. The van der Waals surface area contributed by atoms with Gasteiger partial charge < -0.3 is 20.5 Å². The molecule has 1 aliphatic rings. The molecule has 0 bridgehead atoms. The Morgan fingerprint density at radius 3 is 2.62 bits per heavy atom. The molecule has 37 heavy (non-hydrogen) atoms. The lowest BCUT2D eigenvalue weighted by molar-refractivity contribution is -0.122. The molecule has 0 aliphatic carbocycles. The fraction of sp³-hybridized carbons (Fsp3) is 0.208. The molecule has 2 amide bonds. The standard InChI is InChI=1S/C24H23N5O6S2/c1-35-14-8-6-12(7-9-14)19(18-21(32)27-23(34)28-22(18)33)26-24-29-20(31)16(37-24)11-17(30)25-13-4-3-5-15(10-13)36-2/h3-10,16,19H,11H2,1-2H3,(H,25,30)(H,26,29,31)(H3,27,28,32,33,34)/t16-,19-/m0/s1. The topological polar surface area (TPSA) is 166 Å². The Labute approximate surface area is 219 Å². The van der Waals surface area contributed by atoms with Crippen LogP contribution in [0.15, 0.2) is 68.0 Å². The van der Waals surface area contributed by atoms with Crippen LogP contribution >= 0.6 is 23.5 Å². The first-order valence-electron chi connectivity index (χ1n) is 11.0. The first-order chi connectivity index (χ1) is 17.8. The molecule has 4 rings (SSSR count). The Hall–Kier alpha value is -3.97. The first kappa shape index (κ1) is 26.1. The molecule has 192 valence electrons. The molecule has 11 nitrogen and oxygen atoms in total. The normalized spacial score (nSPS) is 16.9. The van der Waals surface area contributed by atoms with E-state index in [-0.39, 0.29) is 23.1 Å². The average molecular weight is 542 g/mol. The monoisotopic (exact) mass is 541 g/mol. The van der Waals surface area contributed by atoms with E-state index in [0.29, 0.717) is 17.0 Å². The second kappa shape index (κ2) is 11.4. The van der Waals surface area contributed by atoms with Gasteiger partial charge in [0, 0.05) is 17.0 Å². The van der Waals surface area contributed by atoms with Gasteiger partial charge >= 0.3 is 5.69 Å². The summed E-state index contributed by atoms with van der Waals surface area (Å²) in [4.78, 5) is 59.1. The number of thioether (sulfide) groups is 2. The maximum atomic E-state index is 12.6. The van der Waals surface area contributed by atoms with Crippen molar-refractivity contribution in [3.8, 4) is 11.6 Å². The van der Waals surface area contributed by atoms with Crippen LogP contribution in [0.1, 0.15) is 23.6 Å². The number of anilines is 1. The van der Waals surface area contributed by atoms with Gasteiger partial charge in [-0.25, -0.2) is 9.79 Å². The third-order valence-electron chi connectivity index (χ3n) is 5.41. The molecule has 1 fully saturated rings. The minimum atomic E-state index is -1.07. The fourth-order valence-electron chi connectivity index (χ4n) is 3.63. The number of hydrogen-bond donors (Lipinski definition) is 5. The van der Waals surface area contributed by atoms with Crippen molar-refractivity contribution < 1.29 is 19.4 Å². The van der Waals surface area contributed by atoms with Crippen molar-refractivity contribution in [2.24, 2.45) is 4.99 Å².